The first-order chi connectivity index (χ1) is 10.8. The van der Waals surface area contributed by atoms with Gasteiger partial charge in [0.15, 0.2) is 0 Å². The third-order valence-corrected chi connectivity index (χ3v) is 5.60. The number of fused-ring (bicyclic) bond motifs is 2. The van der Waals surface area contributed by atoms with Crippen LogP contribution in [0.3, 0.4) is 0 Å². The second-order valence-corrected chi connectivity index (χ2v) is 7.13. The molecular weight excluding hydrogens is 300 g/mol. The molecular formula is C16H23ClN4O. The molecule has 120 valence electrons. The molecule has 2 aliphatic heterocycles. The molecule has 1 saturated carbocycles. The predicted octanol–water partition coefficient (Wildman–Crippen LogP) is 1.67. The summed E-state index contributed by atoms with van der Waals surface area (Å²) in [6.07, 6.45) is 6.46. The molecule has 2 bridgehead atoms. The lowest BCUT2D eigenvalue weighted by Gasteiger charge is -2.45. The van der Waals surface area contributed by atoms with Crippen molar-refractivity contribution in [2.24, 2.45) is 11.8 Å². The monoisotopic (exact) mass is 322 g/mol. The van der Waals surface area contributed by atoms with Gasteiger partial charge in [-0.2, -0.15) is 0 Å². The van der Waals surface area contributed by atoms with E-state index in [2.05, 4.69) is 19.8 Å². The van der Waals surface area contributed by atoms with Crippen LogP contribution in [0.1, 0.15) is 18.4 Å². The average molecular weight is 323 g/mol. The van der Waals surface area contributed by atoms with Crippen LogP contribution in [0.4, 0.5) is 0 Å². The van der Waals surface area contributed by atoms with E-state index in [4.69, 9.17) is 16.3 Å². The highest BCUT2D eigenvalue weighted by molar-refractivity contribution is 6.28. The molecule has 6 heteroatoms. The summed E-state index contributed by atoms with van der Waals surface area (Å²) in [7, 11) is 0. The van der Waals surface area contributed by atoms with Crippen LogP contribution >= 0.6 is 11.6 Å². The van der Waals surface area contributed by atoms with Crippen LogP contribution in [0.5, 0.6) is 0 Å². The van der Waals surface area contributed by atoms with E-state index in [0.29, 0.717) is 5.28 Å². The van der Waals surface area contributed by atoms with Gasteiger partial charge < -0.3 is 4.74 Å². The van der Waals surface area contributed by atoms with Crippen molar-refractivity contribution in [3.63, 3.8) is 0 Å². The average Bonchev–Trinajstić information content (AvgIpc) is 2.82. The highest BCUT2D eigenvalue weighted by Gasteiger charge is 2.44. The second-order valence-electron chi connectivity index (χ2n) is 6.79. The van der Waals surface area contributed by atoms with Crippen LogP contribution < -0.4 is 0 Å². The number of likely N-dealkylation sites (tertiary alicyclic amines) is 1. The highest BCUT2D eigenvalue weighted by Crippen LogP contribution is 2.40. The minimum absolute atomic E-state index is 0.329. The standard InChI is InChI=1S/C16H23ClN4O/c17-16-18-7-12(8-19-16)9-20-10-13-1-2-14(11-20)15(13)21-3-5-22-6-4-21/h7-8,13-15H,1-6,9-11H2. The van der Waals surface area contributed by atoms with E-state index in [1.165, 1.54) is 25.9 Å². The number of aromatic nitrogens is 2. The first-order valence-electron chi connectivity index (χ1n) is 8.30. The normalized spacial score (nSPS) is 33.2. The Balaban J connectivity index is 1.40. The third-order valence-electron chi connectivity index (χ3n) is 5.41. The van der Waals surface area contributed by atoms with Crippen LogP contribution in [0.15, 0.2) is 12.4 Å². The highest BCUT2D eigenvalue weighted by atomic mass is 35.5. The van der Waals surface area contributed by atoms with E-state index in [1.54, 1.807) is 0 Å². The summed E-state index contributed by atoms with van der Waals surface area (Å²) in [4.78, 5) is 13.4. The van der Waals surface area contributed by atoms with Crippen molar-refractivity contribution in [1.82, 2.24) is 19.8 Å². The summed E-state index contributed by atoms with van der Waals surface area (Å²) in [5, 5.41) is 0.329. The van der Waals surface area contributed by atoms with Crippen molar-refractivity contribution >= 4 is 11.6 Å². The topological polar surface area (TPSA) is 41.5 Å². The number of hydrogen-bond acceptors (Lipinski definition) is 5. The van der Waals surface area contributed by atoms with Gasteiger partial charge in [0.25, 0.3) is 0 Å². The minimum Gasteiger partial charge on any atom is -0.379 e. The molecule has 4 rings (SSSR count). The van der Waals surface area contributed by atoms with Gasteiger partial charge in [0, 0.05) is 56.7 Å². The SMILES string of the molecule is Clc1ncc(CN2CC3CCC(C2)C3N2CCOCC2)cn1. The molecule has 0 N–H and O–H groups in total. The Kier molecular flexibility index (Phi) is 4.31. The van der Waals surface area contributed by atoms with Crippen molar-refractivity contribution in [2.45, 2.75) is 25.4 Å². The number of ether oxygens (including phenoxy) is 1. The zero-order valence-corrected chi connectivity index (χ0v) is 13.6. The Morgan fingerprint density at radius 1 is 1.09 bits per heavy atom. The summed E-state index contributed by atoms with van der Waals surface area (Å²) in [6.45, 7) is 7.37. The molecule has 0 radical (unpaired) electrons. The van der Waals surface area contributed by atoms with Gasteiger partial charge in [-0.05, 0) is 36.3 Å². The fourth-order valence-corrected chi connectivity index (χ4v) is 4.67. The van der Waals surface area contributed by atoms with E-state index >= 15 is 0 Å². The molecule has 5 nitrogen and oxygen atoms in total. The summed E-state index contributed by atoms with van der Waals surface area (Å²) in [5.74, 6) is 1.62. The van der Waals surface area contributed by atoms with Crippen molar-refractivity contribution in [3.05, 3.63) is 23.2 Å². The summed E-state index contributed by atoms with van der Waals surface area (Å²) >= 11 is 5.76. The molecule has 3 aliphatic rings. The maximum atomic E-state index is 5.76. The van der Waals surface area contributed by atoms with E-state index in [9.17, 15) is 0 Å². The van der Waals surface area contributed by atoms with Crippen LogP contribution in [0, 0.1) is 11.8 Å². The molecule has 22 heavy (non-hydrogen) atoms. The molecule has 0 amide bonds. The molecule has 1 aliphatic carbocycles. The molecule has 1 aromatic rings. The second kappa shape index (κ2) is 6.40. The Labute approximate surface area is 136 Å². The fourth-order valence-electron chi connectivity index (χ4n) is 4.57. The lowest BCUT2D eigenvalue weighted by molar-refractivity contribution is -0.0256. The maximum absolute atomic E-state index is 5.76. The quantitative estimate of drug-likeness (QED) is 0.792. The first-order valence-corrected chi connectivity index (χ1v) is 8.68. The van der Waals surface area contributed by atoms with E-state index < -0.39 is 0 Å². The van der Waals surface area contributed by atoms with Crippen LogP contribution in [0.2, 0.25) is 5.28 Å². The van der Waals surface area contributed by atoms with E-state index in [0.717, 1.165) is 56.3 Å². The summed E-state index contributed by atoms with van der Waals surface area (Å²) in [5.41, 5.74) is 1.16. The van der Waals surface area contributed by atoms with Crippen molar-refractivity contribution in [2.75, 3.05) is 39.4 Å². The molecule has 1 aromatic heterocycles. The Morgan fingerprint density at radius 3 is 2.36 bits per heavy atom. The molecule has 0 aromatic carbocycles. The molecule has 2 unspecified atom stereocenters. The van der Waals surface area contributed by atoms with Crippen LogP contribution in [-0.2, 0) is 11.3 Å². The molecule has 3 heterocycles. The largest absolute Gasteiger partial charge is 0.379 e. The summed E-state index contributed by atoms with van der Waals surface area (Å²) in [6, 6.07) is 0.779. The van der Waals surface area contributed by atoms with E-state index in [-0.39, 0.29) is 0 Å². The van der Waals surface area contributed by atoms with Crippen molar-refractivity contribution in [1.29, 1.82) is 0 Å². The van der Waals surface area contributed by atoms with Gasteiger partial charge in [-0.25, -0.2) is 9.97 Å². The van der Waals surface area contributed by atoms with Crippen LogP contribution in [-0.4, -0.2) is 65.2 Å². The number of nitrogens with zero attached hydrogens (tertiary/aromatic N) is 4. The van der Waals surface area contributed by atoms with E-state index in [1.807, 2.05) is 12.4 Å². The maximum Gasteiger partial charge on any atom is 0.222 e. The molecule has 2 atom stereocenters. The minimum atomic E-state index is 0.329. The summed E-state index contributed by atoms with van der Waals surface area (Å²) < 4.78 is 5.51. The molecule has 0 spiro atoms. The number of morpholine rings is 1. The third kappa shape index (κ3) is 3.00. The number of halogens is 1. The van der Waals surface area contributed by atoms with Gasteiger partial charge in [-0.15, -0.1) is 0 Å². The Morgan fingerprint density at radius 2 is 1.73 bits per heavy atom. The van der Waals surface area contributed by atoms with Gasteiger partial charge in [-0.1, -0.05) is 0 Å². The lowest BCUT2D eigenvalue weighted by Crippen LogP contribution is -2.55. The Bertz CT molecular complexity index is 491. The van der Waals surface area contributed by atoms with Crippen LogP contribution in [0.25, 0.3) is 0 Å². The number of piperidine rings is 1. The van der Waals surface area contributed by atoms with Gasteiger partial charge in [-0.3, -0.25) is 9.80 Å². The predicted molar refractivity (Wildman–Crippen MR) is 84.7 cm³/mol. The molecule has 2 saturated heterocycles. The zero-order chi connectivity index (χ0) is 14.9. The smallest absolute Gasteiger partial charge is 0.222 e. The van der Waals surface area contributed by atoms with Crippen molar-refractivity contribution < 1.29 is 4.74 Å². The van der Waals surface area contributed by atoms with Gasteiger partial charge in [0.2, 0.25) is 5.28 Å². The van der Waals surface area contributed by atoms with Gasteiger partial charge in [0.1, 0.15) is 0 Å². The first kappa shape index (κ1) is 14.8. The van der Waals surface area contributed by atoms with Crippen molar-refractivity contribution in [3.8, 4) is 0 Å². The lowest BCUT2D eigenvalue weighted by atomic mass is 9.90. The number of hydrogen-bond donors (Lipinski definition) is 0. The molecule has 3 fully saturated rings. The van der Waals surface area contributed by atoms with Gasteiger partial charge >= 0.3 is 0 Å². The fraction of sp³-hybridized carbons (Fsp3) is 0.750. The van der Waals surface area contributed by atoms with Gasteiger partial charge in [0.05, 0.1) is 13.2 Å². The zero-order valence-electron chi connectivity index (χ0n) is 12.8. The Hall–Kier alpha value is -0.750. The number of rotatable bonds is 3.